The number of carbonyl (C=O) groups excluding carboxylic acids is 1. The van der Waals surface area contributed by atoms with Crippen LogP contribution in [0.25, 0.3) is 0 Å². The summed E-state index contributed by atoms with van der Waals surface area (Å²) in [7, 11) is 1.91. The molecule has 4 rings (SSSR count). The molecule has 3 heterocycles. The van der Waals surface area contributed by atoms with E-state index >= 15 is 0 Å². The lowest BCUT2D eigenvalue weighted by Gasteiger charge is -2.26. The second kappa shape index (κ2) is 8.37. The quantitative estimate of drug-likeness (QED) is 0.320. The maximum atomic E-state index is 12.8. The van der Waals surface area contributed by atoms with Crippen molar-refractivity contribution in [3.8, 4) is 0 Å². The Morgan fingerprint density at radius 2 is 2.13 bits per heavy atom. The molecule has 0 saturated heterocycles. The minimum absolute atomic E-state index is 0.0173. The number of amides is 1. The van der Waals surface area contributed by atoms with Crippen LogP contribution in [0.4, 0.5) is 0 Å². The van der Waals surface area contributed by atoms with E-state index in [1.807, 2.05) is 59.7 Å². The number of carbonyl (C=O) groups is 1. The number of nitrogens with one attached hydrogen (secondary N) is 2. The minimum Gasteiger partial charge on any atom is -0.384 e. The fourth-order valence-electron chi connectivity index (χ4n) is 3.48. The molecule has 0 radical (unpaired) electrons. The zero-order valence-corrected chi connectivity index (χ0v) is 17.9. The van der Waals surface area contributed by atoms with Crippen molar-refractivity contribution < 1.29 is 4.79 Å². The average molecular weight is 424 g/mol. The zero-order valence-electron chi connectivity index (χ0n) is 17.1. The Hall–Kier alpha value is -3.04. The summed E-state index contributed by atoms with van der Waals surface area (Å²) in [5.74, 6) is -0.110. The first-order valence-electron chi connectivity index (χ1n) is 9.74. The summed E-state index contributed by atoms with van der Waals surface area (Å²) in [6, 6.07) is 11.3. The van der Waals surface area contributed by atoms with Gasteiger partial charge in [-0.1, -0.05) is 18.2 Å². The Kier molecular flexibility index (Phi) is 5.65. The van der Waals surface area contributed by atoms with Crippen LogP contribution >= 0.6 is 11.9 Å². The van der Waals surface area contributed by atoms with E-state index in [1.165, 1.54) is 5.69 Å². The molecule has 156 valence electrons. The first kappa shape index (κ1) is 20.2. The SMILES string of the molecule is Cc1c(SN2CCn3nccc3C2)cc(C(=O)NCc2cccc(C(=N)N)c2)n1C. The van der Waals surface area contributed by atoms with E-state index in [9.17, 15) is 4.79 Å². The largest absolute Gasteiger partial charge is 0.384 e. The Labute approximate surface area is 179 Å². The predicted octanol–water partition coefficient (Wildman–Crippen LogP) is 2.27. The fourth-order valence-corrected chi connectivity index (χ4v) is 4.56. The molecule has 4 N–H and O–H groups in total. The van der Waals surface area contributed by atoms with Crippen molar-refractivity contribution in [1.29, 1.82) is 5.41 Å². The third-order valence-electron chi connectivity index (χ3n) is 5.34. The van der Waals surface area contributed by atoms with Crippen molar-refractivity contribution in [3.05, 3.63) is 70.8 Å². The van der Waals surface area contributed by atoms with Gasteiger partial charge in [0.2, 0.25) is 0 Å². The molecule has 9 heteroatoms. The van der Waals surface area contributed by atoms with Crippen LogP contribution in [-0.4, -0.2) is 36.9 Å². The van der Waals surface area contributed by atoms with Crippen LogP contribution in [0.15, 0.2) is 47.5 Å². The second-order valence-electron chi connectivity index (χ2n) is 7.34. The summed E-state index contributed by atoms with van der Waals surface area (Å²) in [6.45, 7) is 5.01. The van der Waals surface area contributed by atoms with E-state index < -0.39 is 0 Å². The molecule has 0 saturated carbocycles. The van der Waals surface area contributed by atoms with Crippen molar-refractivity contribution in [2.75, 3.05) is 6.54 Å². The van der Waals surface area contributed by atoms with Crippen LogP contribution in [0.2, 0.25) is 0 Å². The van der Waals surface area contributed by atoms with Gasteiger partial charge >= 0.3 is 0 Å². The minimum atomic E-state index is -0.127. The first-order valence-corrected chi connectivity index (χ1v) is 10.5. The van der Waals surface area contributed by atoms with Gasteiger partial charge in [0.05, 0.1) is 18.8 Å². The van der Waals surface area contributed by atoms with Gasteiger partial charge in [0.15, 0.2) is 0 Å². The monoisotopic (exact) mass is 423 g/mol. The van der Waals surface area contributed by atoms with Crippen molar-refractivity contribution in [2.24, 2.45) is 12.8 Å². The van der Waals surface area contributed by atoms with Gasteiger partial charge < -0.3 is 15.6 Å². The van der Waals surface area contributed by atoms with Gasteiger partial charge in [0.1, 0.15) is 11.5 Å². The van der Waals surface area contributed by atoms with E-state index in [0.29, 0.717) is 17.8 Å². The number of hydrogen-bond acceptors (Lipinski definition) is 5. The lowest BCUT2D eigenvalue weighted by atomic mass is 10.1. The topological polar surface area (TPSA) is 105 Å². The molecule has 1 amide bonds. The van der Waals surface area contributed by atoms with Gasteiger partial charge in [0.25, 0.3) is 5.91 Å². The molecule has 0 aliphatic carbocycles. The zero-order chi connectivity index (χ0) is 21.3. The normalized spacial score (nSPS) is 13.8. The Morgan fingerprint density at radius 3 is 2.93 bits per heavy atom. The fraction of sp³-hybridized carbons (Fsp3) is 0.286. The van der Waals surface area contributed by atoms with Crippen molar-refractivity contribution in [3.63, 3.8) is 0 Å². The second-order valence-corrected chi connectivity index (χ2v) is 8.47. The maximum absolute atomic E-state index is 12.8. The number of amidine groups is 1. The average Bonchev–Trinajstić information content (AvgIpc) is 3.32. The van der Waals surface area contributed by atoms with Crippen LogP contribution in [0.3, 0.4) is 0 Å². The van der Waals surface area contributed by atoms with E-state index in [-0.39, 0.29) is 11.7 Å². The van der Waals surface area contributed by atoms with Crippen LogP contribution in [0.1, 0.15) is 33.0 Å². The molecule has 0 bridgehead atoms. The maximum Gasteiger partial charge on any atom is 0.268 e. The predicted molar refractivity (Wildman–Crippen MR) is 117 cm³/mol. The number of nitrogens with zero attached hydrogens (tertiary/aromatic N) is 4. The van der Waals surface area contributed by atoms with Gasteiger partial charge in [-0.15, -0.1) is 0 Å². The molecule has 30 heavy (non-hydrogen) atoms. The van der Waals surface area contributed by atoms with Gasteiger partial charge in [0, 0.05) is 42.5 Å². The van der Waals surface area contributed by atoms with Crippen molar-refractivity contribution in [1.82, 2.24) is 24.0 Å². The van der Waals surface area contributed by atoms with Crippen LogP contribution in [-0.2, 0) is 26.7 Å². The summed E-state index contributed by atoms with van der Waals surface area (Å²) in [4.78, 5) is 13.9. The van der Waals surface area contributed by atoms with E-state index in [4.69, 9.17) is 11.1 Å². The van der Waals surface area contributed by atoms with Crippen LogP contribution in [0.5, 0.6) is 0 Å². The molecular formula is C21H25N7OS. The molecule has 0 spiro atoms. The number of aromatic nitrogens is 3. The Balaban J connectivity index is 1.43. The highest BCUT2D eigenvalue weighted by molar-refractivity contribution is 7.97. The van der Waals surface area contributed by atoms with Gasteiger partial charge in [-0.2, -0.15) is 5.10 Å². The summed E-state index contributed by atoms with van der Waals surface area (Å²) >= 11 is 1.68. The number of fused-ring (bicyclic) bond motifs is 1. The summed E-state index contributed by atoms with van der Waals surface area (Å²) in [6.07, 6.45) is 1.84. The standard InChI is InChI=1S/C21H25N7OS/c1-14-19(30-27-8-9-28-17(13-27)6-7-25-28)11-18(26(14)2)21(29)24-12-15-4-3-5-16(10-15)20(22)23/h3-7,10-11H,8-9,12-13H2,1-2H3,(H3,22,23)(H,24,29). The highest BCUT2D eigenvalue weighted by Crippen LogP contribution is 2.31. The van der Waals surface area contributed by atoms with Crippen molar-refractivity contribution in [2.45, 2.75) is 31.5 Å². The highest BCUT2D eigenvalue weighted by Gasteiger charge is 2.21. The number of rotatable bonds is 6. The Bertz CT molecular complexity index is 1100. The van der Waals surface area contributed by atoms with Crippen LogP contribution in [0, 0.1) is 12.3 Å². The van der Waals surface area contributed by atoms with Gasteiger partial charge in [-0.05, 0) is 42.6 Å². The van der Waals surface area contributed by atoms with Gasteiger partial charge in [-0.3, -0.25) is 14.9 Å². The number of nitrogens with two attached hydrogens (primary N) is 1. The molecule has 0 atom stereocenters. The number of nitrogen functional groups attached to an aromatic ring is 1. The summed E-state index contributed by atoms with van der Waals surface area (Å²) in [5, 5.41) is 14.8. The molecule has 0 unspecified atom stereocenters. The van der Waals surface area contributed by atoms with E-state index in [1.54, 1.807) is 18.0 Å². The number of hydrogen-bond donors (Lipinski definition) is 3. The number of benzene rings is 1. The molecule has 2 aromatic heterocycles. The molecule has 0 fully saturated rings. The lowest BCUT2D eigenvalue weighted by molar-refractivity contribution is 0.0942. The smallest absolute Gasteiger partial charge is 0.268 e. The van der Waals surface area contributed by atoms with E-state index in [0.717, 1.165) is 35.8 Å². The highest BCUT2D eigenvalue weighted by atomic mass is 32.2. The summed E-state index contributed by atoms with van der Waals surface area (Å²) in [5.41, 5.74) is 9.99. The van der Waals surface area contributed by atoms with E-state index in [2.05, 4.69) is 14.7 Å². The molecular weight excluding hydrogens is 398 g/mol. The molecule has 3 aromatic rings. The summed E-state index contributed by atoms with van der Waals surface area (Å²) < 4.78 is 6.26. The third kappa shape index (κ3) is 4.12. The Morgan fingerprint density at radius 1 is 1.30 bits per heavy atom. The molecule has 1 aromatic carbocycles. The van der Waals surface area contributed by atoms with Gasteiger partial charge in [-0.25, -0.2) is 4.31 Å². The first-order chi connectivity index (χ1) is 14.4. The van der Waals surface area contributed by atoms with Crippen LogP contribution < -0.4 is 11.1 Å². The third-order valence-corrected chi connectivity index (χ3v) is 6.52. The molecule has 1 aliphatic rings. The molecule has 1 aliphatic heterocycles. The lowest BCUT2D eigenvalue weighted by Crippen LogP contribution is -2.28. The molecule has 8 nitrogen and oxygen atoms in total. The van der Waals surface area contributed by atoms with Crippen molar-refractivity contribution >= 4 is 23.7 Å².